The van der Waals surface area contributed by atoms with Crippen molar-refractivity contribution in [2.24, 2.45) is 5.73 Å². The first-order chi connectivity index (χ1) is 10.2. The Labute approximate surface area is 125 Å². The molecular weight excluding hydrogens is 270 g/mol. The molecule has 0 atom stereocenters. The van der Waals surface area contributed by atoms with Crippen LogP contribution in [0.1, 0.15) is 25.3 Å². The van der Waals surface area contributed by atoms with Crippen LogP contribution in [0.2, 0.25) is 0 Å². The molecule has 0 aromatic heterocycles. The Bertz CT molecular complexity index is 463. The summed E-state index contributed by atoms with van der Waals surface area (Å²) in [6.07, 6.45) is 2.10. The van der Waals surface area contributed by atoms with E-state index in [1.54, 1.807) is 0 Å². The van der Waals surface area contributed by atoms with E-state index in [0.29, 0.717) is 13.2 Å². The number of hydrogen-bond acceptors (Lipinski definition) is 4. The number of hydrogen-bond donors (Lipinski definition) is 3. The maximum Gasteiger partial charge on any atom is 0.239 e. The Kier molecular flexibility index (Phi) is 7.89. The maximum atomic E-state index is 11.5. The van der Waals surface area contributed by atoms with Gasteiger partial charge in [-0.15, -0.1) is 0 Å². The number of ether oxygens (including phenoxy) is 1. The molecule has 0 saturated carbocycles. The predicted molar refractivity (Wildman–Crippen MR) is 80.8 cm³/mol. The fraction of sp³-hybridized carbons (Fsp3) is 0.467. The van der Waals surface area contributed by atoms with Crippen LogP contribution in [0, 0.1) is 0 Å². The highest BCUT2D eigenvalue weighted by Crippen LogP contribution is 2.13. The lowest BCUT2D eigenvalue weighted by Gasteiger charge is -2.09. The van der Waals surface area contributed by atoms with Crippen LogP contribution in [0.3, 0.4) is 0 Å². The summed E-state index contributed by atoms with van der Waals surface area (Å²) < 4.78 is 5.60. The molecule has 0 bridgehead atoms. The Balaban J connectivity index is 2.35. The van der Waals surface area contributed by atoms with E-state index in [9.17, 15) is 9.59 Å². The summed E-state index contributed by atoms with van der Waals surface area (Å²) in [5.41, 5.74) is 6.08. The van der Waals surface area contributed by atoms with Crippen molar-refractivity contribution in [3.05, 3.63) is 29.8 Å². The van der Waals surface area contributed by atoms with Gasteiger partial charge in [0.05, 0.1) is 19.7 Å². The van der Waals surface area contributed by atoms with Gasteiger partial charge in [-0.25, -0.2) is 0 Å². The Morgan fingerprint density at radius 2 is 2.05 bits per heavy atom. The standard InChI is InChI=1S/C15H23N3O3/c1-2-3-7-21-13-6-4-5-12(8-13)10-17-15(20)11-18-14(19)9-16/h4-6,8H,2-3,7,9-11,16H2,1H3,(H,17,20)(H,18,19). The molecule has 6 nitrogen and oxygen atoms in total. The van der Waals surface area contributed by atoms with Gasteiger partial charge in [-0.3, -0.25) is 9.59 Å². The fourth-order valence-corrected chi connectivity index (χ4v) is 1.59. The molecule has 1 aromatic carbocycles. The first-order valence-electron chi connectivity index (χ1n) is 7.11. The second-order valence-electron chi connectivity index (χ2n) is 4.61. The fourth-order valence-electron chi connectivity index (χ4n) is 1.59. The van der Waals surface area contributed by atoms with Crippen molar-refractivity contribution >= 4 is 11.8 Å². The van der Waals surface area contributed by atoms with E-state index in [2.05, 4.69) is 17.6 Å². The zero-order valence-corrected chi connectivity index (χ0v) is 12.4. The highest BCUT2D eigenvalue weighted by Gasteiger charge is 2.04. The minimum absolute atomic E-state index is 0.0667. The molecule has 116 valence electrons. The van der Waals surface area contributed by atoms with Gasteiger partial charge >= 0.3 is 0 Å². The smallest absolute Gasteiger partial charge is 0.239 e. The van der Waals surface area contributed by atoms with Gasteiger partial charge < -0.3 is 21.1 Å². The van der Waals surface area contributed by atoms with Crippen molar-refractivity contribution in [2.75, 3.05) is 19.7 Å². The van der Waals surface area contributed by atoms with Crippen molar-refractivity contribution in [3.63, 3.8) is 0 Å². The number of unbranched alkanes of at least 4 members (excludes halogenated alkanes) is 1. The van der Waals surface area contributed by atoms with Gasteiger partial charge in [-0.2, -0.15) is 0 Å². The van der Waals surface area contributed by atoms with E-state index >= 15 is 0 Å². The molecule has 2 amide bonds. The molecule has 1 aromatic rings. The lowest BCUT2D eigenvalue weighted by molar-refractivity contribution is -0.125. The van der Waals surface area contributed by atoms with Crippen LogP contribution in [0.5, 0.6) is 5.75 Å². The van der Waals surface area contributed by atoms with Crippen molar-refractivity contribution < 1.29 is 14.3 Å². The average molecular weight is 293 g/mol. The summed E-state index contributed by atoms with van der Waals surface area (Å²) in [4.78, 5) is 22.5. The topological polar surface area (TPSA) is 93.5 Å². The van der Waals surface area contributed by atoms with Crippen LogP contribution in [0.25, 0.3) is 0 Å². The van der Waals surface area contributed by atoms with Gasteiger partial charge in [0.2, 0.25) is 11.8 Å². The molecule has 0 radical (unpaired) electrons. The molecule has 0 spiro atoms. The first kappa shape index (κ1) is 17.0. The first-order valence-corrected chi connectivity index (χ1v) is 7.11. The molecule has 4 N–H and O–H groups in total. The van der Waals surface area contributed by atoms with E-state index in [1.807, 2.05) is 24.3 Å². The number of benzene rings is 1. The molecule has 0 fully saturated rings. The normalized spacial score (nSPS) is 10.0. The second kappa shape index (κ2) is 9.77. The van der Waals surface area contributed by atoms with Gasteiger partial charge in [0.15, 0.2) is 0 Å². The highest BCUT2D eigenvalue weighted by atomic mass is 16.5. The van der Waals surface area contributed by atoms with E-state index in [4.69, 9.17) is 10.5 Å². The number of carbonyl (C=O) groups is 2. The molecule has 0 heterocycles. The lowest BCUT2D eigenvalue weighted by Crippen LogP contribution is -2.39. The highest BCUT2D eigenvalue weighted by molar-refractivity contribution is 5.85. The van der Waals surface area contributed by atoms with E-state index in [0.717, 1.165) is 24.2 Å². The third kappa shape index (κ3) is 7.31. The SMILES string of the molecule is CCCCOc1cccc(CNC(=O)CNC(=O)CN)c1. The van der Waals surface area contributed by atoms with Gasteiger partial charge in [0.25, 0.3) is 0 Å². The summed E-state index contributed by atoms with van der Waals surface area (Å²) in [7, 11) is 0. The number of nitrogens with two attached hydrogens (primary N) is 1. The summed E-state index contributed by atoms with van der Waals surface area (Å²) in [6, 6.07) is 7.58. The number of nitrogens with one attached hydrogen (secondary N) is 2. The number of carbonyl (C=O) groups excluding carboxylic acids is 2. The van der Waals surface area contributed by atoms with Gasteiger partial charge in [0.1, 0.15) is 5.75 Å². The third-order valence-corrected chi connectivity index (χ3v) is 2.79. The molecule has 0 saturated heterocycles. The minimum atomic E-state index is -0.350. The molecular formula is C15H23N3O3. The van der Waals surface area contributed by atoms with Crippen LogP contribution >= 0.6 is 0 Å². The quantitative estimate of drug-likeness (QED) is 0.580. The third-order valence-electron chi connectivity index (χ3n) is 2.79. The lowest BCUT2D eigenvalue weighted by atomic mass is 10.2. The van der Waals surface area contributed by atoms with Crippen LogP contribution in [0.4, 0.5) is 0 Å². The van der Waals surface area contributed by atoms with E-state index in [1.165, 1.54) is 0 Å². The molecule has 0 aliphatic heterocycles. The summed E-state index contributed by atoms with van der Waals surface area (Å²) in [6.45, 7) is 3.01. The zero-order valence-electron chi connectivity index (χ0n) is 12.4. The van der Waals surface area contributed by atoms with Crippen LogP contribution in [0.15, 0.2) is 24.3 Å². The zero-order chi connectivity index (χ0) is 15.5. The van der Waals surface area contributed by atoms with E-state index < -0.39 is 0 Å². The summed E-state index contributed by atoms with van der Waals surface area (Å²) in [5.74, 6) is 0.192. The average Bonchev–Trinajstić information content (AvgIpc) is 2.51. The molecule has 0 aliphatic rings. The molecule has 1 rings (SSSR count). The molecule has 0 unspecified atom stereocenters. The Morgan fingerprint density at radius 3 is 2.76 bits per heavy atom. The van der Waals surface area contributed by atoms with Crippen LogP contribution in [-0.2, 0) is 16.1 Å². The van der Waals surface area contributed by atoms with Gasteiger partial charge in [0, 0.05) is 6.54 Å². The number of rotatable bonds is 9. The maximum absolute atomic E-state index is 11.5. The number of amides is 2. The molecule has 0 aliphatic carbocycles. The van der Waals surface area contributed by atoms with Gasteiger partial charge in [-0.1, -0.05) is 25.5 Å². The van der Waals surface area contributed by atoms with Crippen molar-refractivity contribution in [2.45, 2.75) is 26.3 Å². The Morgan fingerprint density at radius 1 is 1.24 bits per heavy atom. The largest absolute Gasteiger partial charge is 0.494 e. The minimum Gasteiger partial charge on any atom is -0.494 e. The second-order valence-corrected chi connectivity index (χ2v) is 4.61. The van der Waals surface area contributed by atoms with Crippen LogP contribution in [-0.4, -0.2) is 31.5 Å². The van der Waals surface area contributed by atoms with E-state index in [-0.39, 0.29) is 24.9 Å². The molecule has 21 heavy (non-hydrogen) atoms. The summed E-state index contributed by atoms with van der Waals surface area (Å²) in [5, 5.41) is 5.14. The predicted octanol–water partition coefficient (Wildman–Crippen LogP) is 0.557. The Hall–Kier alpha value is -2.08. The van der Waals surface area contributed by atoms with Crippen LogP contribution < -0.4 is 21.1 Å². The summed E-state index contributed by atoms with van der Waals surface area (Å²) >= 11 is 0. The van der Waals surface area contributed by atoms with Crippen molar-refractivity contribution in [1.29, 1.82) is 0 Å². The van der Waals surface area contributed by atoms with Crippen molar-refractivity contribution in [1.82, 2.24) is 10.6 Å². The van der Waals surface area contributed by atoms with Gasteiger partial charge in [-0.05, 0) is 24.1 Å². The monoisotopic (exact) mass is 293 g/mol. The van der Waals surface area contributed by atoms with Crippen molar-refractivity contribution in [3.8, 4) is 5.75 Å². The molecule has 6 heteroatoms.